The lowest BCUT2D eigenvalue weighted by atomic mass is 9.96. The molecule has 18 heteroatoms. The molecule has 1 heterocycles. The third kappa shape index (κ3) is 13.1. The summed E-state index contributed by atoms with van der Waals surface area (Å²) in [4.78, 5) is 103. The Morgan fingerprint density at radius 1 is 0.846 bits per heavy atom. The lowest BCUT2D eigenvalue weighted by Gasteiger charge is -2.31. The van der Waals surface area contributed by atoms with Gasteiger partial charge in [-0.3, -0.25) is 33.6 Å². The number of carbonyl (C=O) groups is 8. The summed E-state index contributed by atoms with van der Waals surface area (Å²) in [6.45, 7) is 7.09. The van der Waals surface area contributed by atoms with E-state index in [9.17, 15) is 53.7 Å². The second-order valence-electron chi connectivity index (χ2n) is 13.5. The molecule has 7 atom stereocenters. The number of hydrogen-bond donors (Lipinski definition) is 9. The van der Waals surface area contributed by atoms with Crippen molar-refractivity contribution < 1.29 is 53.7 Å². The van der Waals surface area contributed by atoms with Crippen LogP contribution < -0.4 is 32.7 Å². The maximum Gasteiger partial charge on any atom is 0.326 e. The topological polar surface area (TPSA) is 301 Å². The van der Waals surface area contributed by atoms with Gasteiger partial charge in [-0.1, -0.05) is 46.2 Å². The molecule has 1 saturated heterocycles. The van der Waals surface area contributed by atoms with Crippen LogP contribution in [-0.4, -0.2) is 110 Å². The molecule has 1 aromatic rings. The first-order chi connectivity index (χ1) is 24.3. The smallest absolute Gasteiger partial charge is 0.326 e. The fourth-order valence-corrected chi connectivity index (χ4v) is 5.72. The van der Waals surface area contributed by atoms with Gasteiger partial charge in [-0.2, -0.15) is 0 Å². The van der Waals surface area contributed by atoms with Crippen molar-refractivity contribution in [3.63, 3.8) is 0 Å². The van der Waals surface area contributed by atoms with Gasteiger partial charge < -0.3 is 53.0 Å². The molecule has 11 N–H and O–H groups in total. The standard InChI is InChI=1S/C34H51N7O11/c1-5-18(4)28(32(49)39-24(34(51)52)14-19-8-10-20(42)11-9-19)40-30(47)22(16-27(44)45)37-31(48)25-7-6-12-41(25)33(50)23(13-17(2)3)38-29(46)21(35)15-26(36)43/h8-11,17-18,21-25,28,42H,5-7,12-16,35H2,1-4H3,(H2,36,43)(H,37,48)(H,38,46)(H,39,49)(H,40,47)(H,44,45)(H,51,52)/t18-,21-,22-,23-,24-,25-,28-/m0/s1. The molecular weight excluding hydrogens is 682 g/mol. The van der Waals surface area contributed by atoms with E-state index in [1.165, 1.54) is 29.2 Å². The molecule has 52 heavy (non-hydrogen) atoms. The highest BCUT2D eigenvalue weighted by Gasteiger charge is 2.40. The molecule has 1 aliphatic rings. The first kappa shape index (κ1) is 42.9. The van der Waals surface area contributed by atoms with Crippen LogP contribution in [-0.2, 0) is 44.8 Å². The van der Waals surface area contributed by atoms with Crippen molar-refractivity contribution in [1.29, 1.82) is 0 Å². The molecule has 6 amide bonds. The van der Waals surface area contributed by atoms with Gasteiger partial charge >= 0.3 is 11.9 Å². The fourth-order valence-electron chi connectivity index (χ4n) is 5.72. The van der Waals surface area contributed by atoms with Gasteiger partial charge in [0.2, 0.25) is 35.4 Å². The van der Waals surface area contributed by atoms with Crippen molar-refractivity contribution in [2.75, 3.05) is 6.54 Å². The fraction of sp³-hybridized carbons (Fsp3) is 0.588. The molecule has 18 nitrogen and oxygen atoms in total. The number of phenolic OH excluding ortho intramolecular Hbond substituents is 1. The molecule has 1 aliphatic heterocycles. The van der Waals surface area contributed by atoms with E-state index >= 15 is 0 Å². The van der Waals surface area contributed by atoms with Gasteiger partial charge in [-0.05, 0) is 48.8 Å². The number of nitrogens with zero attached hydrogens (tertiary/aromatic N) is 1. The van der Waals surface area contributed by atoms with E-state index in [0.29, 0.717) is 18.4 Å². The van der Waals surface area contributed by atoms with E-state index in [1.807, 2.05) is 13.8 Å². The number of carbonyl (C=O) groups excluding carboxylic acids is 6. The number of aromatic hydroxyl groups is 1. The molecule has 2 rings (SSSR count). The molecule has 288 valence electrons. The third-order valence-electron chi connectivity index (χ3n) is 8.71. The van der Waals surface area contributed by atoms with E-state index < -0.39 is 102 Å². The Balaban J connectivity index is 2.24. The number of hydrogen-bond acceptors (Lipinski definition) is 10. The SMILES string of the molecule is CC[C@H](C)[C@H](NC(=O)[C@H](CC(=O)O)NC(=O)[C@@H]1CCCN1C(=O)[C@H](CC(C)C)NC(=O)[C@@H](N)CC(N)=O)C(=O)N[C@@H](Cc1ccc(O)cc1)C(=O)O. The lowest BCUT2D eigenvalue weighted by Crippen LogP contribution is -2.60. The molecular formula is C34H51N7O11. The maximum atomic E-state index is 13.7. The third-order valence-corrected chi connectivity index (χ3v) is 8.71. The number of amides is 6. The molecule has 0 spiro atoms. The van der Waals surface area contributed by atoms with Gasteiger partial charge in [0.15, 0.2) is 0 Å². The summed E-state index contributed by atoms with van der Waals surface area (Å²) in [5.74, 6) is -8.39. The Morgan fingerprint density at radius 3 is 2.00 bits per heavy atom. The van der Waals surface area contributed by atoms with Crippen molar-refractivity contribution in [1.82, 2.24) is 26.2 Å². The molecule has 0 aliphatic carbocycles. The second kappa shape index (κ2) is 20.0. The summed E-state index contributed by atoms with van der Waals surface area (Å²) < 4.78 is 0. The number of nitrogens with two attached hydrogens (primary N) is 2. The van der Waals surface area contributed by atoms with E-state index in [2.05, 4.69) is 21.3 Å². The zero-order chi connectivity index (χ0) is 39.3. The first-order valence-electron chi connectivity index (χ1n) is 17.1. The highest BCUT2D eigenvalue weighted by Crippen LogP contribution is 2.21. The molecule has 0 aromatic heterocycles. The van der Waals surface area contributed by atoms with Crippen LogP contribution >= 0.6 is 0 Å². The normalized spacial score (nSPS) is 17.5. The molecule has 0 radical (unpaired) electrons. The second-order valence-corrected chi connectivity index (χ2v) is 13.5. The van der Waals surface area contributed by atoms with Gasteiger partial charge in [-0.25, -0.2) is 4.79 Å². The van der Waals surface area contributed by atoms with E-state index in [4.69, 9.17) is 11.5 Å². The summed E-state index contributed by atoms with van der Waals surface area (Å²) in [7, 11) is 0. The average molecular weight is 734 g/mol. The molecule has 1 aromatic carbocycles. The summed E-state index contributed by atoms with van der Waals surface area (Å²) in [6.07, 6.45) is -0.402. The zero-order valence-corrected chi connectivity index (χ0v) is 29.8. The number of phenols is 1. The zero-order valence-electron chi connectivity index (χ0n) is 29.8. The average Bonchev–Trinajstić information content (AvgIpc) is 3.56. The Morgan fingerprint density at radius 2 is 1.46 bits per heavy atom. The van der Waals surface area contributed by atoms with Crippen molar-refractivity contribution in [2.45, 2.75) is 109 Å². The maximum absolute atomic E-state index is 13.7. The Bertz CT molecular complexity index is 1470. The van der Waals surface area contributed by atoms with Gasteiger partial charge in [0, 0.05) is 13.0 Å². The molecule has 1 fully saturated rings. The molecule has 0 bridgehead atoms. The van der Waals surface area contributed by atoms with Gasteiger partial charge in [0.25, 0.3) is 0 Å². The predicted octanol–water partition coefficient (Wildman–Crippen LogP) is -1.28. The van der Waals surface area contributed by atoms with Gasteiger partial charge in [0.1, 0.15) is 36.0 Å². The number of carboxylic acids is 2. The van der Waals surface area contributed by atoms with Crippen LogP contribution in [0.3, 0.4) is 0 Å². The van der Waals surface area contributed by atoms with Crippen LogP contribution in [0.15, 0.2) is 24.3 Å². The number of likely N-dealkylation sites (tertiary alicyclic amines) is 1. The van der Waals surface area contributed by atoms with Crippen LogP contribution in [0, 0.1) is 11.8 Å². The Hall–Kier alpha value is -5.26. The van der Waals surface area contributed by atoms with E-state index in [1.54, 1.807) is 13.8 Å². The minimum Gasteiger partial charge on any atom is -0.508 e. The van der Waals surface area contributed by atoms with Crippen LogP contribution in [0.4, 0.5) is 0 Å². The highest BCUT2D eigenvalue weighted by atomic mass is 16.4. The number of benzene rings is 1. The quantitative estimate of drug-likeness (QED) is 0.0757. The monoisotopic (exact) mass is 733 g/mol. The summed E-state index contributed by atoms with van der Waals surface area (Å²) in [6, 6.07) is -2.26. The molecule has 0 unspecified atom stereocenters. The minimum absolute atomic E-state index is 0.0304. The van der Waals surface area contributed by atoms with Crippen molar-refractivity contribution in [3.05, 3.63) is 29.8 Å². The van der Waals surface area contributed by atoms with Crippen molar-refractivity contribution >= 4 is 47.4 Å². The van der Waals surface area contributed by atoms with E-state index in [-0.39, 0.29) is 37.5 Å². The molecule has 0 saturated carbocycles. The van der Waals surface area contributed by atoms with Crippen molar-refractivity contribution in [3.8, 4) is 5.75 Å². The first-order valence-corrected chi connectivity index (χ1v) is 17.1. The van der Waals surface area contributed by atoms with Crippen LogP contribution in [0.2, 0.25) is 0 Å². The van der Waals surface area contributed by atoms with E-state index in [0.717, 1.165) is 0 Å². The number of primary amides is 1. The van der Waals surface area contributed by atoms with Crippen molar-refractivity contribution in [2.24, 2.45) is 23.3 Å². The number of rotatable bonds is 20. The number of carboxylic acid groups (broad SMARTS) is 2. The largest absolute Gasteiger partial charge is 0.508 e. The van der Waals surface area contributed by atoms with Gasteiger partial charge in [-0.15, -0.1) is 0 Å². The summed E-state index contributed by atoms with van der Waals surface area (Å²) in [5, 5.41) is 38.7. The minimum atomic E-state index is -1.69. The Labute approximate surface area is 301 Å². The highest BCUT2D eigenvalue weighted by molar-refractivity contribution is 5.98. The predicted molar refractivity (Wildman–Crippen MR) is 185 cm³/mol. The summed E-state index contributed by atoms with van der Waals surface area (Å²) >= 11 is 0. The Kier molecular flexibility index (Phi) is 16.5. The summed E-state index contributed by atoms with van der Waals surface area (Å²) in [5.41, 5.74) is 11.4. The van der Waals surface area contributed by atoms with Crippen LogP contribution in [0.1, 0.15) is 71.8 Å². The number of aliphatic carboxylic acids is 2. The number of nitrogens with one attached hydrogen (secondary N) is 4. The van der Waals surface area contributed by atoms with Gasteiger partial charge in [0.05, 0.1) is 18.9 Å². The lowest BCUT2D eigenvalue weighted by molar-refractivity contribution is -0.145. The van der Waals surface area contributed by atoms with Crippen LogP contribution in [0.5, 0.6) is 5.75 Å². The van der Waals surface area contributed by atoms with Crippen LogP contribution in [0.25, 0.3) is 0 Å².